The van der Waals surface area contributed by atoms with Crippen LogP contribution in [-0.4, -0.2) is 5.11 Å². The first kappa shape index (κ1) is 14.0. The second-order valence-electron chi connectivity index (χ2n) is 3.81. The second kappa shape index (κ2) is 8.34. The fourth-order valence-electron chi connectivity index (χ4n) is 1.51. The van der Waals surface area contributed by atoms with Crippen LogP contribution in [0.2, 0.25) is 0 Å². The van der Waals surface area contributed by atoms with Gasteiger partial charge in [-0.2, -0.15) is 0 Å². The molecule has 0 aliphatic carbocycles. The molecule has 0 amide bonds. The van der Waals surface area contributed by atoms with Crippen molar-refractivity contribution in [2.75, 3.05) is 0 Å². The highest BCUT2D eigenvalue weighted by atomic mass is 16.3. The van der Waals surface area contributed by atoms with Crippen LogP contribution in [0, 0.1) is 0 Å². The van der Waals surface area contributed by atoms with Crippen LogP contribution < -0.4 is 0 Å². The molecular weight excluding hydrogens is 184 g/mol. The number of hydrogen-bond acceptors (Lipinski definition) is 1. The van der Waals surface area contributed by atoms with E-state index < -0.39 is 0 Å². The normalized spacial score (nSPS) is 9.67. The summed E-state index contributed by atoms with van der Waals surface area (Å²) in [6.45, 7) is 8.64. The summed E-state index contributed by atoms with van der Waals surface area (Å²) in [6.07, 6.45) is 3.59. The average Bonchev–Trinajstić information content (AvgIpc) is 2.24. The third kappa shape index (κ3) is 5.46. The maximum atomic E-state index is 9.08. The molecule has 0 radical (unpaired) electrons. The Balaban J connectivity index is 0.000000583. The third-order valence-electron chi connectivity index (χ3n) is 2.35. The van der Waals surface area contributed by atoms with Gasteiger partial charge < -0.3 is 5.11 Å². The molecule has 1 nitrogen and oxygen atoms in total. The minimum atomic E-state index is 0.352. The van der Waals surface area contributed by atoms with Crippen LogP contribution in [0.1, 0.15) is 58.4 Å². The molecule has 0 saturated carbocycles. The maximum absolute atomic E-state index is 9.08. The Bertz CT molecular complexity index is 234. The van der Waals surface area contributed by atoms with Gasteiger partial charge in [0.2, 0.25) is 0 Å². The van der Waals surface area contributed by atoms with Gasteiger partial charge >= 0.3 is 0 Å². The van der Waals surface area contributed by atoms with Gasteiger partial charge in [-0.1, -0.05) is 46.2 Å². The summed E-state index contributed by atoms with van der Waals surface area (Å²) in [6, 6.07) is 7.53. The van der Waals surface area contributed by atoms with Crippen molar-refractivity contribution in [3.63, 3.8) is 0 Å². The first-order valence-electron chi connectivity index (χ1n) is 5.98. The lowest BCUT2D eigenvalue weighted by Gasteiger charge is -2.11. The Morgan fingerprint density at radius 2 is 1.33 bits per heavy atom. The van der Waals surface area contributed by atoms with Crippen LogP contribution in [0.25, 0.3) is 0 Å². The van der Waals surface area contributed by atoms with Crippen molar-refractivity contribution in [2.45, 2.75) is 52.9 Å². The summed E-state index contributed by atoms with van der Waals surface area (Å²) in [4.78, 5) is 0. The monoisotopic (exact) mass is 208 g/mol. The summed E-state index contributed by atoms with van der Waals surface area (Å²) >= 11 is 0. The molecule has 0 aliphatic rings. The van der Waals surface area contributed by atoms with Crippen molar-refractivity contribution < 1.29 is 5.11 Å². The largest absolute Gasteiger partial charge is 0.508 e. The lowest BCUT2D eigenvalue weighted by atomic mass is 9.94. The van der Waals surface area contributed by atoms with Crippen LogP contribution in [0.4, 0.5) is 0 Å². The van der Waals surface area contributed by atoms with E-state index in [1.807, 2.05) is 12.1 Å². The third-order valence-corrected chi connectivity index (χ3v) is 2.35. The van der Waals surface area contributed by atoms with E-state index in [4.69, 9.17) is 5.11 Å². The minimum absolute atomic E-state index is 0.352. The van der Waals surface area contributed by atoms with Gasteiger partial charge in [-0.15, -0.1) is 0 Å². The summed E-state index contributed by atoms with van der Waals surface area (Å²) in [7, 11) is 0. The standard InChI is InChI=1S/C11H16O.C3H8/c1-3-9(4-2)10-5-7-11(12)8-6-10;1-3-2/h5-9,12H,3-4H2,1-2H3;3H2,1-2H3. The van der Waals surface area contributed by atoms with Crippen molar-refractivity contribution in [2.24, 2.45) is 0 Å². The molecule has 0 saturated heterocycles. The van der Waals surface area contributed by atoms with Gasteiger partial charge in [-0.3, -0.25) is 0 Å². The second-order valence-corrected chi connectivity index (χ2v) is 3.81. The predicted octanol–water partition coefficient (Wildman–Crippen LogP) is 4.71. The summed E-state index contributed by atoms with van der Waals surface area (Å²) in [5.41, 5.74) is 1.33. The van der Waals surface area contributed by atoms with E-state index in [0.29, 0.717) is 11.7 Å². The van der Waals surface area contributed by atoms with Gasteiger partial charge in [-0.05, 0) is 36.5 Å². The molecule has 0 bridgehead atoms. The fourth-order valence-corrected chi connectivity index (χ4v) is 1.51. The zero-order chi connectivity index (χ0) is 11.7. The van der Waals surface area contributed by atoms with E-state index in [1.54, 1.807) is 12.1 Å². The topological polar surface area (TPSA) is 20.2 Å². The highest BCUT2D eigenvalue weighted by Gasteiger charge is 2.05. The first-order valence-corrected chi connectivity index (χ1v) is 5.98. The number of phenols is 1. The molecule has 0 aliphatic heterocycles. The number of benzene rings is 1. The Labute approximate surface area is 94.2 Å². The quantitative estimate of drug-likeness (QED) is 0.762. The van der Waals surface area contributed by atoms with Crippen molar-refractivity contribution in [1.29, 1.82) is 0 Å². The Hall–Kier alpha value is -0.980. The van der Waals surface area contributed by atoms with Crippen LogP contribution in [0.5, 0.6) is 5.75 Å². The van der Waals surface area contributed by atoms with Crippen LogP contribution in [0.3, 0.4) is 0 Å². The van der Waals surface area contributed by atoms with Crippen molar-refractivity contribution in [1.82, 2.24) is 0 Å². The number of aromatic hydroxyl groups is 1. The van der Waals surface area contributed by atoms with Gasteiger partial charge in [0.1, 0.15) is 5.75 Å². The zero-order valence-corrected chi connectivity index (χ0v) is 10.5. The van der Waals surface area contributed by atoms with Crippen LogP contribution in [0.15, 0.2) is 24.3 Å². The van der Waals surface area contributed by atoms with E-state index in [-0.39, 0.29) is 0 Å². The van der Waals surface area contributed by atoms with Gasteiger partial charge in [0.25, 0.3) is 0 Å². The van der Waals surface area contributed by atoms with Crippen LogP contribution in [-0.2, 0) is 0 Å². The van der Waals surface area contributed by atoms with Crippen molar-refractivity contribution in [3.8, 4) is 5.75 Å². The zero-order valence-electron chi connectivity index (χ0n) is 10.5. The Kier molecular flexibility index (Phi) is 7.79. The van der Waals surface area contributed by atoms with Crippen LogP contribution >= 0.6 is 0 Å². The van der Waals surface area contributed by atoms with E-state index >= 15 is 0 Å². The smallest absolute Gasteiger partial charge is 0.115 e. The van der Waals surface area contributed by atoms with E-state index in [2.05, 4.69) is 27.7 Å². The Morgan fingerprint density at radius 1 is 0.933 bits per heavy atom. The SMILES string of the molecule is CCC.CCC(CC)c1ccc(O)cc1. The highest BCUT2D eigenvalue weighted by Crippen LogP contribution is 2.24. The lowest BCUT2D eigenvalue weighted by molar-refractivity contribution is 0.474. The van der Waals surface area contributed by atoms with Gasteiger partial charge in [0.15, 0.2) is 0 Å². The van der Waals surface area contributed by atoms with E-state index in [1.165, 1.54) is 24.8 Å². The highest BCUT2D eigenvalue weighted by molar-refractivity contribution is 5.28. The summed E-state index contributed by atoms with van der Waals surface area (Å²) in [5, 5.41) is 9.08. The molecular formula is C14H24O. The minimum Gasteiger partial charge on any atom is -0.508 e. The summed E-state index contributed by atoms with van der Waals surface area (Å²) in [5.74, 6) is 0.996. The Morgan fingerprint density at radius 3 is 1.67 bits per heavy atom. The molecule has 0 spiro atoms. The average molecular weight is 208 g/mol. The molecule has 1 aromatic rings. The molecule has 0 heterocycles. The lowest BCUT2D eigenvalue weighted by Crippen LogP contribution is -1.93. The molecule has 0 aromatic heterocycles. The maximum Gasteiger partial charge on any atom is 0.115 e. The van der Waals surface area contributed by atoms with Gasteiger partial charge in [0.05, 0.1) is 0 Å². The van der Waals surface area contributed by atoms with Gasteiger partial charge in [-0.25, -0.2) is 0 Å². The molecule has 1 heteroatoms. The first-order chi connectivity index (χ1) is 7.19. The predicted molar refractivity (Wildman–Crippen MR) is 67.4 cm³/mol. The van der Waals surface area contributed by atoms with E-state index in [9.17, 15) is 0 Å². The van der Waals surface area contributed by atoms with Gasteiger partial charge in [0, 0.05) is 0 Å². The molecule has 86 valence electrons. The molecule has 1 N–H and O–H groups in total. The molecule has 15 heavy (non-hydrogen) atoms. The number of hydrogen-bond donors (Lipinski definition) is 1. The molecule has 1 aromatic carbocycles. The molecule has 1 rings (SSSR count). The molecule has 0 fully saturated rings. The van der Waals surface area contributed by atoms with Crippen molar-refractivity contribution >= 4 is 0 Å². The fraction of sp³-hybridized carbons (Fsp3) is 0.571. The number of rotatable bonds is 3. The molecule has 0 atom stereocenters. The van der Waals surface area contributed by atoms with Crippen molar-refractivity contribution in [3.05, 3.63) is 29.8 Å². The summed E-state index contributed by atoms with van der Waals surface area (Å²) < 4.78 is 0. The van der Waals surface area contributed by atoms with E-state index in [0.717, 1.165) is 0 Å². The number of phenolic OH excluding ortho intramolecular Hbond substituents is 1. The molecule has 0 unspecified atom stereocenters.